The molecule has 2 nitrogen and oxygen atoms in total. The van der Waals surface area contributed by atoms with Gasteiger partial charge in [0, 0.05) is 0 Å². The van der Waals surface area contributed by atoms with Gasteiger partial charge in [-0.15, -0.1) is 0 Å². The number of benzene rings is 2. The van der Waals surface area contributed by atoms with Crippen LogP contribution in [0.1, 0.15) is 10.4 Å². The number of amides is 1. The highest BCUT2D eigenvalue weighted by Crippen LogP contribution is 2.27. The minimum Gasteiger partial charge on any atom is -0.321 e. The van der Waals surface area contributed by atoms with Crippen molar-refractivity contribution in [2.24, 2.45) is 0 Å². The fourth-order valence-electron chi connectivity index (χ4n) is 1.46. The molecule has 0 fully saturated rings. The molecule has 1 amide bonds. The molecule has 0 bridgehead atoms. The van der Waals surface area contributed by atoms with Gasteiger partial charge in [0.1, 0.15) is 0 Å². The van der Waals surface area contributed by atoms with Crippen molar-refractivity contribution < 1.29 is 4.79 Å². The van der Waals surface area contributed by atoms with Gasteiger partial charge in [0.05, 0.1) is 26.3 Å². The summed E-state index contributed by atoms with van der Waals surface area (Å²) in [6.07, 6.45) is 0. The van der Waals surface area contributed by atoms with E-state index in [1.54, 1.807) is 42.5 Å². The second kappa shape index (κ2) is 5.61. The van der Waals surface area contributed by atoms with Gasteiger partial charge in [-0.2, -0.15) is 0 Å². The Kier molecular flexibility index (Phi) is 4.12. The molecule has 0 aromatic heterocycles. The number of rotatable bonds is 2. The van der Waals surface area contributed by atoms with Crippen molar-refractivity contribution in [3.63, 3.8) is 0 Å². The lowest BCUT2D eigenvalue weighted by atomic mass is 10.2. The molecular weight excluding hydrogens is 293 g/mol. The summed E-state index contributed by atoms with van der Waals surface area (Å²) in [5, 5.41) is 3.72. The minimum atomic E-state index is -0.390. The average molecular weight is 301 g/mol. The molecule has 0 aliphatic rings. The highest BCUT2D eigenvalue weighted by Gasteiger charge is 2.15. The number of halogens is 3. The molecule has 0 saturated heterocycles. The minimum absolute atomic E-state index is 0.237. The smallest absolute Gasteiger partial charge is 0.258 e. The summed E-state index contributed by atoms with van der Waals surface area (Å²) in [7, 11) is 0. The van der Waals surface area contributed by atoms with Gasteiger partial charge < -0.3 is 5.32 Å². The van der Waals surface area contributed by atoms with E-state index in [0.29, 0.717) is 20.8 Å². The number of para-hydroxylation sites is 1. The van der Waals surface area contributed by atoms with E-state index in [4.69, 9.17) is 34.8 Å². The molecule has 0 aliphatic carbocycles. The Bertz CT molecular complexity index is 578. The van der Waals surface area contributed by atoms with Crippen molar-refractivity contribution >= 4 is 46.4 Å². The highest BCUT2D eigenvalue weighted by atomic mass is 35.5. The number of hydrogen-bond acceptors (Lipinski definition) is 1. The zero-order valence-corrected chi connectivity index (χ0v) is 11.4. The monoisotopic (exact) mass is 299 g/mol. The third kappa shape index (κ3) is 2.78. The highest BCUT2D eigenvalue weighted by molar-refractivity contribution is 6.40. The van der Waals surface area contributed by atoms with Gasteiger partial charge in [-0.05, 0) is 24.3 Å². The predicted molar refractivity (Wildman–Crippen MR) is 75.9 cm³/mol. The Hall–Kier alpha value is -1.22. The van der Waals surface area contributed by atoms with Crippen LogP contribution in [0.3, 0.4) is 0 Å². The molecule has 0 unspecified atom stereocenters. The van der Waals surface area contributed by atoms with E-state index in [2.05, 4.69) is 5.32 Å². The van der Waals surface area contributed by atoms with E-state index in [-0.39, 0.29) is 5.56 Å². The second-order valence-electron chi connectivity index (χ2n) is 3.53. The number of hydrogen-bond donors (Lipinski definition) is 1. The second-order valence-corrected chi connectivity index (χ2v) is 4.75. The first kappa shape index (κ1) is 13.2. The molecule has 1 N–H and O–H groups in total. The molecule has 0 saturated carbocycles. The molecule has 2 aromatic rings. The lowest BCUT2D eigenvalue weighted by molar-refractivity contribution is 0.102. The van der Waals surface area contributed by atoms with Gasteiger partial charge in [0.25, 0.3) is 5.91 Å². The zero-order chi connectivity index (χ0) is 13.1. The molecule has 0 radical (unpaired) electrons. The first-order valence-corrected chi connectivity index (χ1v) is 6.23. The Morgan fingerprint density at radius 2 is 1.39 bits per heavy atom. The van der Waals surface area contributed by atoms with E-state index in [1.165, 1.54) is 0 Å². The topological polar surface area (TPSA) is 29.1 Å². The van der Waals surface area contributed by atoms with Crippen molar-refractivity contribution in [1.82, 2.24) is 0 Å². The first-order chi connectivity index (χ1) is 8.59. The molecule has 0 atom stereocenters. The SMILES string of the molecule is O=C(Nc1ccccc1Cl)c1c(Cl)cccc1Cl. The van der Waals surface area contributed by atoms with Crippen LogP contribution in [0.15, 0.2) is 42.5 Å². The summed E-state index contributed by atoms with van der Waals surface area (Å²) in [5.74, 6) is -0.390. The Balaban J connectivity index is 2.31. The number of anilines is 1. The van der Waals surface area contributed by atoms with Crippen LogP contribution < -0.4 is 5.32 Å². The Labute approximate surface area is 119 Å². The van der Waals surface area contributed by atoms with E-state index in [0.717, 1.165) is 0 Å². The third-order valence-corrected chi connectivity index (χ3v) is 3.27. The average Bonchev–Trinajstić information content (AvgIpc) is 2.32. The maximum absolute atomic E-state index is 12.1. The maximum Gasteiger partial charge on any atom is 0.258 e. The number of carbonyl (C=O) groups excluding carboxylic acids is 1. The van der Waals surface area contributed by atoms with Crippen LogP contribution in [-0.4, -0.2) is 5.91 Å². The van der Waals surface area contributed by atoms with Crippen molar-refractivity contribution in [3.8, 4) is 0 Å². The zero-order valence-electron chi connectivity index (χ0n) is 9.08. The number of carbonyl (C=O) groups is 1. The molecule has 5 heteroatoms. The molecule has 0 aliphatic heterocycles. The largest absolute Gasteiger partial charge is 0.321 e. The van der Waals surface area contributed by atoms with E-state index < -0.39 is 5.91 Å². The van der Waals surface area contributed by atoms with E-state index in [1.807, 2.05) is 0 Å². The molecule has 2 aromatic carbocycles. The number of nitrogens with one attached hydrogen (secondary N) is 1. The lowest BCUT2D eigenvalue weighted by Crippen LogP contribution is -2.13. The molecule has 18 heavy (non-hydrogen) atoms. The van der Waals surface area contributed by atoms with Gasteiger partial charge in [-0.1, -0.05) is 53.0 Å². The van der Waals surface area contributed by atoms with Crippen LogP contribution in [0.2, 0.25) is 15.1 Å². The predicted octanol–water partition coefficient (Wildman–Crippen LogP) is 4.90. The van der Waals surface area contributed by atoms with Gasteiger partial charge in [0.15, 0.2) is 0 Å². The summed E-state index contributed by atoms with van der Waals surface area (Å²) < 4.78 is 0. The normalized spacial score (nSPS) is 10.2. The summed E-state index contributed by atoms with van der Waals surface area (Å²) in [5.41, 5.74) is 0.751. The molecular formula is C13H8Cl3NO. The molecule has 0 spiro atoms. The molecule has 0 heterocycles. The lowest BCUT2D eigenvalue weighted by Gasteiger charge is -2.09. The summed E-state index contributed by atoms with van der Waals surface area (Å²) in [6, 6.07) is 11.8. The van der Waals surface area contributed by atoms with Crippen molar-refractivity contribution in [3.05, 3.63) is 63.1 Å². The van der Waals surface area contributed by atoms with Crippen LogP contribution in [0.5, 0.6) is 0 Å². The Morgan fingerprint density at radius 3 is 2.00 bits per heavy atom. The third-order valence-electron chi connectivity index (χ3n) is 2.31. The first-order valence-electron chi connectivity index (χ1n) is 5.09. The van der Waals surface area contributed by atoms with Crippen molar-refractivity contribution in [2.45, 2.75) is 0 Å². The van der Waals surface area contributed by atoms with Gasteiger partial charge in [-0.25, -0.2) is 0 Å². The summed E-state index contributed by atoms with van der Waals surface area (Å²) in [4.78, 5) is 12.1. The van der Waals surface area contributed by atoms with Crippen LogP contribution in [-0.2, 0) is 0 Å². The summed E-state index contributed by atoms with van der Waals surface area (Å²) >= 11 is 17.9. The van der Waals surface area contributed by atoms with E-state index >= 15 is 0 Å². The standard InChI is InChI=1S/C13H8Cl3NO/c14-8-4-1-2-7-11(8)17-13(18)12-9(15)5-3-6-10(12)16/h1-7H,(H,17,18). The fraction of sp³-hybridized carbons (Fsp3) is 0. The molecule has 92 valence electrons. The van der Waals surface area contributed by atoms with Crippen LogP contribution in [0.25, 0.3) is 0 Å². The van der Waals surface area contributed by atoms with Crippen LogP contribution >= 0.6 is 34.8 Å². The molecule has 2 rings (SSSR count). The Morgan fingerprint density at radius 1 is 0.833 bits per heavy atom. The fourth-order valence-corrected chi connectivity index (χ4v) is 2.21. The summed E-state index contributed by atoms with van der Waals surface area (Å²) in [6.45, 7) is 0. The van der Waals surface area contributed by atoms with Gasteiger partial charge in [0.2, 0.25) is 0 Å². The van der Waals surface area contributed by atoms with Crippen molar-refractivity contribution in [1.29, 1.82) is 0 Å². The van der Waals surface area contributed by atoms with Crippen LogP contribution in [0, 0.1) is 0 Å². The van der Waals surface area contributed by atoms with E-state index in [9.17, 15) is 4.79 Å². The van der Waals surface area contributed by atoms with Gasteiger partial charge in [-0.3, -0.25) is 4.79 Å². The van der Waals surface area contributed by atoms with Gasteiger partial charge >= 0.3 is 0 Å². The maximum atomic E-state index is 12.1. The van der Waals surface area contributed by atoms with Crippen molar-refractivity contribution in [2.75, 3.05) is 5.32 Å². The quantitative estimate of drug-likeness (QED) is 0.840. The van der Waals surface area contributed by atoms with Crippen LogP contribution in [0.4, 0.5) is 5.69 Å².